The molecular formula is C14H8ClF3N2. The van der Waals surface area contributed by atoms with Gasteiger partial charge in [0.15, 0.2) is 5.65 Å². The molecule has 0 atom stereocenters. The largest absolute Gasteiger partial charge is 0.417 e. The van der Waals surface area contributed by atoms with E-state index >= 15 is 0 Å². The number of imidazole rings is 1. The highest BCUT2D eigenvalue weighted by atomic mass is 35.5. The molecule has 0 radical (unpaired) electrons. The molecule has 0 N–H and O–H groups in total. The van der Waals surface area contributed by atoms with Crippen LogP contribution < -0.4 is 0 Å². The summed E-state index contributed by atoms with van der Waals surface area (Å²) in [6.45, 7) is 0. The van der Waals surface area contributed by atoms with Gasteiger partial charge in [0, 0.05) is 11.8 Å². The summed E-state index contributed by atoms with van der Waals surface area (Å²) in [4.78, 5) is 4.08. The van der Waals surface area contributed by atoms with Gasteiger partial charge in [0.25, 0.3) is 0 Å². The molecule has 0 spiro atoms. The molecule has 0 aliphatic rings. The number of hydrogen-bond acceptors (Lipinski definition) is 1. The lowest BCUT2D eigenvalue weighted by atomic mass is 10.0. The van der Waals surface area contributed by atoms with Gasteiger partial charge in [0.05, 0.1) is 22.5 Å². The number of aromatic nitrogens is 2. The van der Waals surface area contributed by atoms with Gasteiger partial charge < -0.3 is 0 Å². The first-order chi connectivity index (χ1) is 9.48. The minimum atomic E-state index is -4.42. The van der Waals surface area contributed by atoms with Gasteiger partial charge in [0.2, 0.25) is 0 Å². The molecule has 0 amide bonds. The Morgan fingerprint density at radius 1 is 1.05 bits per heavy atom. The van der Waals surface area contributed by atoms with Crippen molar-refractivity contribution in [3.05, 3.63) is 59.4 Å². The van der Waals surface area contributed by atoms with Crippen molar-refractivity contribution in [3.8, 4) is 11.3 Å². The molecule has 3 aromatic rings. The summed E-state index contributed by atoms with van der Waals surface area (Å²) in [6, 6.07) is 8.71. The molecule has 0 bridgehead atoms. The number of alkyl halides is 3. The molecule has 2 aromatic heterocycles. The van der Waals surface area contributed by atoms with Gasteiger partial charge in [0.1, 0.15) is 0 Å². The van der Waals surface area contributed by atoms with Gasteiger partial charge in [-0.3, -0.25) is 4.40 Å². The fraction of sp³-hybridized carbons (Fsp3) is 0.0714. The fourth-order valence-electron chi connectivity index (χ4n) is 2.13. The maximum absolute atomic E-state index is 13.1. The van der Waals surface area contributed by atoms with Gasteiger partial charge in [-0.2, -0.15) is 13.2 Å². The molecule has 2 nitrogen and oxygen atoms in total. The van der Waals surface area contributed by atoms with Crippen molar-refractivity contribution in [1.82, 2.24) is 9.38 Å². The van der Waals surface area contributed by atoms with E-state index in [9.17, 15) is 13.2 Å². The first-order valence-electron chi connectivity index (χ1n) is 5.76. The third-order valence-electron chi connectivity index (χ3n) is 3.00. The molecule has 0 fully saturated rings. The smallest absolute Gasteiger partial charge is 0.298 e. The lowest BCUT2D eigenvalue weighted by Gasteiger charge is -2.12. The van der Waals surface area contributed by atoms with Gasteiger partial charge in [-0.1, -0.05) is 29.8 Å². The topological polar surface area (TPSA) is 17.3 Å². The molecule has 2 heterocycles. The number of pyridine rings is 1. The lowest BCUT2D eigenvalue weighted by Crippen LogP contribution is -2.07. The molecule has 0 saturated heterocycles. The van der Waals surface area contributed by atoms with Crippen molar-refractivity contribution in [2.45, 2.75) is 6.18 Å². The van der Waals surface area contributed by atoms with Gasteiger partial charge >= 0.3 is 6.18 Å². The van der Waals surface area contributed by atoms with Gasteiger partial charge in [-0.25, -0.2) is 4.98 Å². The van der Waals surface area contributed by atoms with Crippen LogP contribution in [0.2, 0.25) is 5.02 Å². The van der Waals surface area contributed by atoms with Crippen LogP contribution >= 0.6 is 11.6 Å². The van der Waals surface area contributed by atoms with E-state index in [0.29, 0.717) is 16.4 Å². The van der Waals surface area contributed by atoms with E-state index in [-0.39, 0.29) is 5.56 Å². The predicted molar refractivity (Wildman–Crippen MR) is 70.6 cm³/mol. The van der Waals surface area contributed by atoms with E-state index in [0.717, 1.165) is 6.07 Å². The van der Waals surface area contributed by atoms with Crippen LogP contribution in [0.4, 0.5) is 13.2 Å². The summed E-state index contributed by atoms with van der Waals surface area (Å²) in [7, 11) is 0. The highest BCUT2D eigenvalue weighted by molar-refractivity contribution is 6.33. The highest BCUT2D eigenvalue weighted by Crippen LogP contribution is 2.37. The van der Waals surface area contributed by atoms with Crippen molar-refractivity contribution in [2.75, 3.05) is 0 Å². The number of halogens is 4. The van der Waals surface area contributed by atoms with Crippen LogP contribution in [0.25, 0.3) is 16.9 Å². The molecule has 0 unspecified atom stereocenters. The fourth-order valence-corrected chi connectivity index (χ4v) is 2.34. The van der Waals surface area contributed by atoms with E-state index in [1.54, 1.807) is 28.8 Å². The zero-order valence-corrected chi connectivity index (χ0v) is 10.8. The third kappa shape index (κ3) is 2.04. The van der Waals surface area contributed by atoms with E-state index in [1.165, 1.54) is 18.3 Å². The van der Waals surface area contributed by atoms with Crippen molar-refractivity contribution in [2.24, 2.45) is 0 Å². The van der Waals surface area contributed by atoms with Crippen LogP contribution in [0, 0.1) is 0 Å². The average molecular weight is 297 g/mol. The molecule has 102 valence electrons. The van der Waals surface area contributed by atoms with Crippen molar-refractivity contribution in [3.63, 3.8) is 0 Å². The average Bonchev–Trinajstić information content (AvgIpc) is 2.83. The summed E-state index contributed by atoms with van der Waals surface area (Å²) < 4.78 is 40.7. The van der Waals surface area contributed by atoms with Crippen LogP contribution in [0.1, 0.15) is 5.56 Å². The summed E-state index contributed by atoms with van der Waals surface area (Å²) in [6.07, 6.45) is -1.39. The number of hydrogen-bond donors (Lipinski definition) is 0. The Hall–Kier alpha value is -2.01. The van der Waals surface area contributed by atoms with Crippen molar-refractivity contribution in [1.29, 1.82) is 0 Å². The summed E-state index contributed by atoms with van der Waals surface area (Å²) in [5.41, 5.74) is 0.174. The Bertz CT molecular complexity index is 777. The maximum Gasteiger partial charge on any atom is 0.417 e. The first-order valence-corrected chi connectivity index (χ1v) is 6.14. The quantitative estimate of drug-likeness (QED) is 0.637. The monoisotopic (exact) mass is 296 g/mol. The molecular weight excluding hydrogens is 289 g/mol. The van der Waals surface area contributed by atoms with Crippen molar-refractivity contribution >= 4 is 17.2 Å². The standard InChI is InChI=1S/C14H8ClF3N2/c15-11-6-3-7-20-12(8-19-13(11)20)9-4-1-2-5-10(9)14(16,17)18/h1-8H. The number of fused-ring (bicyclic) bond motifs is 1. The lowest BCUT2D eigenvalue weighted by molar-refractivity contribution is -0.137. The second-order valence-electron chi connectivity index (χ2n) is 4.24. The minimum Gasteiger partial charge on any atom is -0.298 e. The predicted octanol–water partition coefficient (Wildman–Crippen LogP) is 4.67. The first kappa shape index (κ1) is 13.0. The van der Waals surface area contributed by atoms with Crippen LogP contribution in [0.3, 0.4) is 0 Å². The number of benzene rings is 1. The Morgan fingerprint density at radius 2 is 1.80 bits per heavy atom. The highest BCUT2D eigenvalue weighted by Gasteiger charge is 2.34. The zero-order chi connectivity index (χ0) is 14.3. The van der Waals surface area contributed by atoms with E-state index in [2.05, 4.69) is 4.98 Å². The molecule has 20 heavy (non-hydrogen) atoms. The van der Waals surface area contributed by atoms with Gasteiger partial charge in [-0.15, -0.1) is 0 Å². The molecule has 0 aliphatic heterocycles. The summed E-state index contributed by atoms with van der Waals surface area (Å²) in [5.74, 6) is 0. The second-order valence-corrected chi connectivity index (χ2v) is 4.64. The number of nitrogens with zero attached hydrogens (tertiary/aromatic N) is 2. The van der Waals surface area contributed by atoms with Crippen LogP contribution in [-0.2, 0) is 6.18 Å². The molecule has 3 rings (SSSR count). The normalized spacial score (nSPS) is 12.0. The SMILES string of the molecule is FC(F)(F)c1ccccc1-c1cnc2c(Cl)cccn12. The van der Waals surface area contributed by atoms with E-state index in [4.69, 9.17) is 11.6 Å². The molecule has 0 saturated carbocycles. The van der Waals surface area contributed by atoms with Crippen molar-refractivity contribution < 1.29 is 13.2 Å². The summed E-state index contributed by atoms with van der Waals surface area (Å²) >= 11 is 5.98. The van der Waals surface area contributed by atoms with Crippen LogP contribution in [-0.4, -0.2) is 9.38 Å². The van der Waals surface area contributed by atoms with E-state index < -0.39 is 11.7 Å². The molecule has 0 aliphatic carbocycles. The zero-order valence-electron chi connectivity index (χ0n) is 10.0. The van der Waals surface area contributed by atoms with E-state index in [1.807, 2.05) is 0 Å². The second kappa shape index (κ2) is 4.52. The number of rotatable bonds is 1. The molecule has 1 aromatic carbocycles. The van der Waals surface area contributed by atoms with Crippen LogP contribution in [0.15, 0.2) is 48.8 Å². The van der Waals surface area contributed by atoms with Gasteiger partial charge in [-0.05, 0) is 18.2 Å². The Morgan fingerprint density at radius 3 is 2.55 bits per heavy atom. The Kier molecular flexibility index (Phi) is 2.94. The Balaban J connectivity index is 2.30. The minimum absolute atomic E-state index is 0.0785. The Labute approximate surface area is 117 Å². The third-order valence-corrected chi connectivity index (χ3v) is 3.29. The maximum atomic E-state index is 13.1. The van der Waals surface area contributed by atoms with Crippen LogP contribution in [0.5, 0.6) is 0 Å². The summed E-state index contributed by atoms with van der Waals surface area (Å²) in [5, 5.41) is 0.392. The molecule has 6 heteroatoms.